The number of hydrogen-bond acceptors (Lipinski definition) is 5. The summed E-state index contributed by atoms with van der Waals surface area (Å²) in [6, 6.07) is 9.46. The molecule has 0 spiro atoms. The van der Waals surface area contributed by atoms with E-state index in [1.807, 2.05) is 0 Å². The van der Waals surface area contributed by atoms with Gasteiger partial charge in [0.15, 0.2) is 0 Å². The maximum absolute atomic E-state index is 13.5. The maximum Gasteiger partial charge on any atom is 0.416 e. The van der Waals surface area contributed by atoms with Crippen LogP contribution >= 0.6 is 0 Å². The van der Waals surface area contributed by atoms with Crippen molar-refractivity contribution in [2.45, 2.75) is 12.6 Å². The maximum atomic E-state index is 13.5. The molecule has 0 bridgehead atoms. The molecule has 0 aromatic heterocycles. The third-order valence-electron chi connectivity index (χ3n) is 3.59. The third-order valence-corrected chi connectivity index (χ3v) is 3.59. The highest BCUT2D eigenvalue weighted by atomic mass is 19.4. The van der Waals surface area contributed by atoms with Gasteiger partial charge in [-0.3, -0.25) is 14.9 Å². The van der Waals surface area contributed by atoms with Gasteiger partial charge in [-0.2, -0.15) is 13.2 Å². The van der Waals surface area contributed by atoms with Crippen LogP contribution in [0.15, 0.2) is 42.5 Å². The van der Waals surface area contributed by atoms with Crippen molar-refractivity contribution in [3.8, 4) is 11.1 Å². The molecule has 0 amide bonds. The van der Waals surface area contributed by atoms with Crippen LogP contribution in [0.2, 0.25) is 0 Å². The number of methoxy groups -OCH3 is 1. The number of halogens is 3. The summed E-state index contributed by atoms with van der Waals surface area (Å²) < 4.78 is 44.6. The molecule has 26 heavy (non-hydrogen) atoms. The van der Waals surface area contributed by atoms with Crippen LogP contribution in [0.4, 0.5) is 18.9 Å². The molecule has 0 radical (unpaired) electrons. The molecule has 0 aliphatic carbocycles. The fourth-order valence-corrected chi connectivity index (χ4v) is 2.40. The Morgan fingerprint density at radius 1 is 1.12 bits per heavy atom. The third kappa shape index (κ3) is 4.05. The van der Waals surface area contributed by atoms with Crippen LogP contribution in [0.5, 0.6) is 0 Å². The zero-order chi connectivity index (χ0) is 19.5. The van der Waals surface area contributed by atoms with Gasteiger partial charge < -0.3 is 4.74 Å². The Morgan fingerprint density at radius 2 is 1.73 bits per heavy atom. The molecular weight excluding hydrogens is 355 g/mol. The number of ketones is 1. The van der Waals surface area contributed by atoms with E-state index in [2.05, 4.69) is 4.74 Å². The number of esters is 1. The summed E-state index contributed by atoms with van der Waals surface area (Å²) in [5.41, 5.74) is -2.80. The summed E-state index contributed by atoms with van der Waals surface area (Å²) in [5.74, 6) is -2.69. The number of benzene rings is 2. The van der Waals surface area contributed by atoms with Crippen LogP contribution in [-0.2, 0) is 26.9 Å². The number of hydrogen-bond donors (Lipinski definition) is 0. The van der Waals surface area contributed by atoms with Crippen molar-refractivity contribution in [3.05, 3.63) is 63.7 Å². The first-order valence-corrected chi connectivity index (χ1v) is 7.20. The van der Waals surface area contributed by atoms with Crippen molar-refractivity contribution >= 4 is 17.4 Å². The molecular formula is C17H12F3NO5. The number of nitro benzene ring substituents is 1. The predicted octanol–water partition coefficient (Wildman–Crippen LogP) is 3.57. The number of Topliss-reactive ketones (excluding diaryl/α,β-unsaturated/α-hetero) is 1. The number of nitrogens with zero attached hydrogens (tertiary/aromatic N) is 1. The van der Waals surface area contributed by atoms with Crippen molar-refractivity contribution in [1.29, 1.82) is 0 Å². The second kappa shape index (κ2) is 7.34. The number of nitro groups is 1. The summed E-state index contributed by atoms with van der Waals surface area (Å²) in [7, 11) is 0.887. The summed E-state index contributed by atoms with van der Waals surface area (Å²) >= 11 is 0. The first kappa shape index (κ1) is 19.1. The minimum atomic E-state index is -4.96. The molecule has 0 fully saturated rings. The molecule has 0 unspecified atom stereocenters. The van der Waals surface area contributed by atoms with E-state index < -0.39 is 46.1 Å². The number of ether oxygens (including phenoxy) is 1. The number of rotatable bonds is 5. The summed E-state index contributed by atoms with van der Waals surface area (Å²) in [4.78, 5) is 33.2. The molecule has 0 aliphatic heterocycles. The van der Waals surface area contributed by atoms with Crippen LogP contribution in [0, 0.1) is 10.1 Å². The molecule has 0 N–H and O–H groups in total. The first-order chi connectivity index (χ1) is 12.1. The second-order valence-corrected chi connectivity index (χ2v) is 5.23. The van der Waals surface area contributed by atoms with Crippen molar-refractivity contribution in [1.82, 2.24) is 0 Å². The normalized spacial score (nSPS) is 11.1. The molecule has 9 heteroatoms. The van der Waals surface area contributed by atoms with E-state index >= 15 is 0 Å². The van der Waals surface area contributed by atoms with E-state index in [4.69, 9.17) is 0 Å². The lowest BCUT2D eigenvalue weighted by Crippen LogP contribution is -2.21. The lowest BCUT2D eigenvalue weighted by atomic mass is 9.94. The number of alkyl halides is 3. The van der Waals surface area contributed by atoms with E-state index in [1.165, 1.54) is 12.1 Å². The van der Waals surface area contributed by atoms with E-state index in [-0.39, 0.29) is 5.56 Å². The van der Waals surface area contributed by atoms with Gasteiger partial charge in [0.05, 0.1) is 29.6 Å². The Kier molecular flexibility index (Phi) is 5.39. The fraction of sp³-hybridized carbons (Fsp3) is 0.176. The molecule has 6 nitrogen and oxygen atoms in total. The van der Waals surface area contributed by atoms with Crippen molar-refractivity contribution in [3.63, 3.8) is 0 Å². The number of carbonyl (C=O) groups is 2. The Morgan fingerprint density at radius 3 is 2.23 bits per heavy atom. The van der Waals surface area contributed by atoms with E-state index in [0.29, 0.717) is 5.56 Å². The number of carbonyl (C=O) groups excluding carboxylic acids is 2. The lowest BCUT2D eigenvalue weighted by Gasteiger charge is -2.15. The molecule has 0 saturated heterocycles. The Bertz CT molecular complexity index is 863. The molecule has 0 heterocycles. The van der Waals surface area contributed by atoms with Gasteiger partial charge in [0.25, 0.3) is 5.69 Å². The summed E-state index contributed by atoms with van der Waals surface area (Å²) in [5, 5.41) is 11.3. The molecule has 2 rings (SSSR count). The molecule has 0 saturated carbocycles. The molecule has 2 aromatic carbocycles. The quantitative estimate of drug-likeness (QED) is 0.349. The Hall–Kier alpha value is -3.23. The van der Waals surface area contributed by atoms with Crippen LogP contribution in [-0.4, -0.2) is 23.8 Å². The zero-order valence-corrected chi connectivity index (χ0v) is 13.4. The van der Waals surface area contributed by atoms with E-state index in [9.17, 15) is 32.9 Å². The van der Waals surface area contributed by atoms with E-state index in [0.717, 1.165) is 19.2 Å². The minimum absolute atomic E-state index is 0.0288. The first-order valence-electron chi connectivity index (χ1n) is 7.20. The summed E-state index contributed by atoms with van der Waals surface area (Å²) in [6.07, 6.45) is -6.05. The Labute approximate surface area is 145 Å². The van der Waals surface area contributed by atoms with Crippen LogP contribution < -0.4 is 0 Å². The van der Waals surface area contributed by atoms with Crippen LogP contribution in [0.1, 0.15) is 11.1 Å². The standard InChI is InChI=1S/C17H12F3NO5/c1-26-16(23)15(22)9-12-13(17(18,19)20)7-11(8-14(12)21(24)25)10-5-3-2-4-6-10/h2-8H,9H2,1H3. The SMILES string of the molecule is COC(=O)C(=O)Cc1c([N+](=O)[O-])cc(-c2ccccc2)cc1C(F)(F)F. The molecule has 136 valence electrons. The lowest BCUT2D eigenvalue weighted by molar-refractivity contribution is -0.385. The smallest absolute Gasteiger partial charge is 0.416 e. The van der Waals surface area contributed by atoms with Crippen molar-refractivity contribution < 1.29 is 32.4 Å². The average molecular weight is 367 g/mol. The molecule has 0 aliphatic rings. The van der Waals surface area contributed by atoms with Gasteiger partial charge in [-0.05, 0) is 17.2 Å². The van der Waals surface area contributed by atoms with Crippen molar-refractivity contribution in [2.75, 3.05) is 7.11 Å². The fourth-order valence-electron chi connectivity index (χ4n) is 2.40. The monoisotopic (exact) mass is 367 g/mol. The van der Waals surface area contributed by atoms with Gasteiger partial charge >= 0.3 is 12.1 Å². The predicted molar refractivity (Wildman–Crippen MR) is 84.3 cm³/mol. The average Bonchev–Trinajstić information content (AvgIpc) is 2.60. The van der Waals surface area contributed by atoms with E-state index in [1.54, 1.807) is 18.2 Å². The van der Waals surface area contributed by atoms with Gasteiger partial charge in [0.1, 0.15) is 0 Å². The van der Waals surface area contributed by atoms with Gasteiger partial charge in [-0.15, -0.1) is 0 Å². The zero-order valence-electron chi connectivity index (χ0n) is 13.4. The largest absolute Gasteiger partial charge is 0.463 e. The highest BCUT2D eigenvalue weighted by Gasteiger charge is 2.38. The highest BCUT2D eigenvalue weighted by molar-refractivity contribution is 6.34. The van der Waals surface area contributed by atoms with Gasteiger partial charge in [-0.1, -0.05) is 30.3 Å². The topological polar surface area (TPSA) is 86.5 Å². The second-order valence-electron chi connectivity index (χ2n) is 5.23. The van der Waals surface area contributed by atoms with Gasteiger partial charge in [-0.25, -0.2) is 4.79 Å². The van der Waals surface area contributed by atoms with Crippen LogP contribution in [0.3, 0.4) is 0 Å². The summed E-state index contributed by atoms with van der Waals surface area (Å²) in [6.45, 7) is 0. The molecule has 2 aromatic rings. The molecule has 0 atom stereocenters. The van der Waals surface area contributed by atoms with Gasteiger partial charge in [0.2, 0.25) is 5.78 Å². The van der Waals surface area contributed by atoms with Crippen molar-refractivity contribution in [2.24, 2.45) is 0 Å². The van der Waals surface area contributed by atoms with Crippen LogP contribution in [0.25, 0.3) is 11.1 Å². The van der Waals surface area contributed by atoms with Gasteiger partial charge in [0, 0.05) is 6.07 Å². The minimum Gasteiger partial charge on any atom is -0.463 e. The Balaban J connectivity index is 2.71. The highest BCUT2D eigenvalue weighted by Crippen LogP contribution is 2.39.